The van der Waals surface area contributed by atoms with Crippen LogP contribution in [0.25, 0.3) is 10.9 Å². The molecule has 0 N–H and O–H groups in total. The summed E-state index contributed by atoms with van der Waals surface area (Å²) in [5.41, 5.74) is 2.78. The van der Waals surface area contributed by atoms with E-state index in [1.54, 1.807) is 13.2 Å². The Morgan fingerprint density at radius 3 is 2.86 bits per heavy atom. The molecule has 0 spiro atoms. The van der Waals surface area contributed by atoms with Crippen LogP contribution in [0.4, 0.5) is 0 Å². The largest absolute Gasteiger partial charge is 0.496 e. The van der Waals surface area contributed by atoms with Crippen LogP contribution in [0, 0.1) is 0 Å². The van der Waals surface area contributed by atoms with Crippen molar-refractivity contribution in [1.29, 1.82) is 0 Å². The van der Waals surface area contributed by atoms with Crippen LogP contribution in [0.5, 0.6) is 5.75 Å². The number of hydrogen-bond acceptors (Lipinski definition) is 2. The van der Waals surface area contributed by atoms with Gasteiger partial charge in [-0.1, -0.05) is 22.0 Å². The van der Waals surface area contributed by atoms with E-state index in [1.165, 1.54) is 5.39 Å². The van der Waals surface area contributed by atoms with Gasteiger partial charge in [0, 0.05) is 32.7 Å². The van der Waals surface area contributed by atoms with Gasteiger partial charge in [-0.2, -0.15) is 0 Å². The average molecular weight is 344 g/mol. The van der Waals surface area contributed by atoms with Crippen LogP contribution in [0.3, 0.4) is 0 Å². The Bertz CT molecular complexity index is 808. The van der Waals surface area contributed by atoms with Gasteiger partial charge in [0.25, 0.3) is 0 Å². The molecule has 3 aromatic rings. The summed E-state index contributed by atoms with van der Waals surface area (Å²) < 4.78 is 8.61. The number of fused-ring (bicyclic) bond motifs is 1. The highest BCUT2D eigenvalue weighted by Gasteiger charge is 2.08. The zero-order chi connectivity index (χ0) is 14.8. The van der Waals surface area contributed by atoms with E-state index in [4.69, 9.17) is 4.74 Å². The van der Waals surface area contributed by atoms with Crippen molar-refractivity contribution < 1.29 is 9.53 Å². The van der Waals surface area contributed by atoms with Gasteiger partial charge in [-0.15, -0.1) is 0 Å². The summed E-state index contributed by atoms with van der Waals surface area (Å²) in [6.07, 6.45) is 2.90. The SMILES string of the molecule is COc1ccc(C=O)cc1Cn1ccc2c(Br)cccc21. The van der Waals surface area contributed by atoms with E-state index in [0.29, 0.717) is 12.1 Å². The lowest BCUT2D eigenvalue weighted by Crippen LogP contribution is -2.01. The lowest BCUT2D eigenvalue weighted by molar-refractivity contribution is 0.112. The van der Waals surface area contributed by atoms with E-state index >= 15 is 0 Å². The normalized spacial score (nSPS) is 10.8. The Labute approximate surface area is 131 Å². The van der Waals surface area contributed by atoms with E-state index in [9.17, 15) is 4.79 Å². The fourth-order valence-corrected chi connectivity index (χ4v) is 2.99. The molecule has 0 atom stereocenters. The van der Waals surface area contributed by atoms with Crippen molar-refractivity contribution in [3.05, 3.63) is 64.3 Å². The molecule has 0 saturated carbocycles. The maximum Gasteiger partial charge on any atom is 0.150 e. The van der Waals surface area contributed by atoms with Crippen LogP contribution in [-0.4, -0.2) is 18.0 Å². The van der Waals surface area contributed by atoms with Crippen molar-refractivity contribution in [2.75, 3.05) is 7.11 Å². The number of carbonyl (C=O) groups is 1. The molecule has 21 heavy (non-hydrogen) atoms. The van der Waals surface area contributed by atoms with Crippen molar-refractivity contribution in [3.63, 3.8) is 0 Å². The van der Waals surface area contributed by atoms with E-state index in [0.717, 1.165) is 27.6 Å². The number of rotatable bonds is 4. The summed E-state index contributed by atoms with van der Waals surface area (Å²) in [5.74, 6) is 0.789. The van der Waals surface area contributed by atoms with Crippen LogP contribution in [0.2, 0.25) is 0 Å². The standard InChI is InChI=1S/C17H14BrNO2/c1-21-17-6-5-12(11-20)9-13(17)10-19-8-7-14-15(18)3-2-4-16(14)19/h2-9,11H,10H2,1H3. The number of aromatic nitrogens is 1. The zero-order valence-electron chi connectivity index (χ0n) is 11.5. The lowest BCUT2D eigenvalue weighted by atomic mass is 10.1. The summed E-state index contributed by atoms with van der Waals surface area (Å²) in [7, 11) is 1.64. The highest BCUT2D eigenvalue weighted by atomic mass is 79.9. The van der Waals surface area contributed by atoms with Gasteiger partial charge < -0.3 is 9.30 Å². The number of methoxy groups -OCH3 is 1. The number of carbonyl (C=O) groups excluding carboxylic acids is 1. The molecule has 0 unspecified atom stereocenters. The van der Waals surface area contributed by atoms with E-state index < -0.39 is 0 Å². The molecule has 0 saturated heterocycles. The highest BCUT2D eigenvalue weighted by Crippen LogP contribution is 2.27. The summed E-state index contributed by atoms with van der Waals surface area (Å²) in [4.78, 5) is 11.0. The number of nitrogens with zero attached hydrogens (tertiary/aromatic N) is 1. The number of ether oxygens (including phenoxy) is 1. The molecular formula is C17H14BrNO2. The average Bonchev–Trinajstić information content (AvgIpc) is 2.92. The number of aldehydes is 1. The van der Waals surface area contributed by atoms with Crippen LogP contribution >= 0.6 is 15.9 Å². The monoisotopic (exact) mass is 343 g/mol. The van der Waals surface area contributed by atoms with Crippen molar-refractivity contribution >= 4 is 33.1 Å². The third kappa shape index (κ3) is 2.59. The van der Waals surface area contributed by atoms with Crippen LogP contribution in [-0.2, 0) is 6.54 Å². The Balaban J connectivity index is 2.06. The molecule has 2 aromatic carbocycles. The molecule has 0 amide bonds. The predicted octanol–water partition coefficient (Wildman–Crippen LogP) is 4.27. The number of benzene rings is 2. The van der Waals surface area contributed by atoms with Gasteiger partial charge in [0.1, 0.15) is 12.0 Å². The molecule has 1 heterocycles. The lowest BCUT2D eigenvalue weighted by Gasteiger charge is -2.11. The van der Waals surface area contributed by atoms with Gasteiger partial charge in [0.05, 0.1) is 13.7 Å². The Kier molecular flexibility index (Phi) is 3.80. The minimum Gasteiger partial charge on any atom is -0.496 e. The second kappa shape index (κ2) is 5.74. The second-order valence-electron chi connectivity index (χ2n) is 4.81. The minimum absolute atomic E-state index is 0.656. The zero-order valence-corrected chi connectivity index (χ0v) is 13.1. The maximum atomic E-state index is 11.0. The van der Waals surface area contributed by atoms with Gasteiger partial charge in [-0.25, -0.2) is 0 Å². The molecular weight excluding hydrogens is 330 g/mol. The highest BCUT2D eigenvalue weighted by molar-refractivity contribution is 9.10. The summed E-state index contributed by atoms with van der Waals surface area (Å²) in [6.45, 7) is 0.658. The first kappa shape index (κ1) is 13.9. The summed E-state index contributed by atoms with van der Waals surface area (Å²) >= 11 is 3.56. The molecule has 4 heteroatoms. The number of halogens is 1. The fraction of sp³-hybridized carbons (Fsp3) is 0.118. The first-order chi connectivity index (χ1) is 10.2. The van der Waals surface area contributed by atoms with Gasteiger partial charge >= 0.3 is 0 Å². The Hall–Kier alpha value is -2.07. The van der Waals surface area contributed by atoms with Crippen molar-refractivity contribution in [2.45, 2.75) is 6.54 Å². The molecule has 3 rings (SSSR count). The van der Waals surface area contributed by atoms with Crippen molar-refractivity contribution in [2.24, 2.45) is 0 Å². The third-order valence-electron chi connectivity index (χ3n) is 3.54. The van der Waals surface area contributed by atoms with Crippen molar-refractivity contribution in [1.82, 2.24) is 4.57 Å². The third-order valence-corrected chi connectivity index (χ3v) is 4.23. The van der Waals surface area contributed by atoms with E-state index in [2.05, 4.69) is 32.6 Å². The van der Waals surface area contributed by atoms with Gasteiger partial charge in [-0.3, -0.25) is 4.79 Å². The fourth-order valence-electron chi connectivity index (χ4n) is 2.50. The molecule has 0 fully saturated rings. The summed E-state index contributed by atoms with van der Waals surface area (Å²) in [5, 5.41) is 1.17. The van der Waals surface area contributed by atoms with Crippen LogP contribution in [0.15, 0.2) is 53.1 Å². The first-order valence-corrected chi connectivity index (χ1v) is 7.37. The first-order valence-electron chi connectivity index (χ1n) is 6.58. The predicted molar refractivity (Wildman–Crippen MR) is 87.1 cm³/mol. The van der Waals surface area contributed by atoms with E-state index in [1.807, 2.05) is 30.5 Å². The Morgan fingerprint density at radius 1 is 1.24 bits per heavy atom. The van der Waals surface area contributed by atoms with E-state index in [-0.39, 0.29) is 0 Å². The van der Waals surface area contributed by atoms with Gasteiger partial charge in [0.2, 0.25) is 0 Å². The molecule has 0 aliphatic rings. The smallest absolute Gasteiger partial charge is 0.150 e. The summed E-state index contributed by atoms with van der Waals surface area (Å²) in [6, 6.07) is 13.7. The topological polar surface area (TPSA) is 31.2 Å². The van der Waals surface area contributed by atoms with Crippen LogP contribution < -0.4 is 4.74 Å². The Morgan fingerprint density at radius 2 is 2.10 bits per heavy atom. The second-order valence-corrected chi connectivity index (χ2v) is 5.66. The molecule has 106 valence electrons. The quantitative estimate of drug-likeness (QED) is 0.662. The number of hydrogen-bond donors (Lipinski definition) is 0. The maximum absolute atomic E-state index is 11.0. The van der Waals surface area contributed by atoms with Gasteiger partial charge in [0.15, 0.2) is 0 Å². The van der Waals surface area contributed by atoms with Gasteiger partial charge in [-0.05, 0) is 36.4 Å². The molecule has 0 aliphatic heterocycles. The molecule has 3 nitrogen and oxygen atoms in total. The molecule has 1 aromatic heterocycles. The molecule has 0 bridgehead atoms. The molecule has 0 radical (unpaired) electrons. The van der Waals surface area contributed by atoms with Crippen LogP contribution in [0.1, 0.15) is 15.9 Å². The molecule has 0 aliphatic carbocycles. The minimum atomic E-state index is 0.656. The van der Waals surface area contributed by atoms with Crippen molar-refractivity contribution in [3.8, 4) is 5.75 Å².